The van der Waals surface area contributed by atoms with Gasteiger partial charge in [0.2, 0.25) is 15.9 Å². The number of hydrogen-bond donors (Lipinski definition) is 1. The average molecular weight is 530 g/mol. The third-order valence-electron chi connectivity index (χ3n) is 7.06. The number of pyridine rings is 1. The third-order valence-corrected chi connectivity index (χ3v) is 8.98. The van der Waals surface area contributed by atoms with Crippen molar-refractivity contribution in [1.82, 2.24) is 9.29 Å². The number of carbonyl (C=O) groups excluding carboxylic acids is 1. The Kier molecular flexibility index (Phi) is 7.59. The van der Waals surface area contributed by atoms with Crippen molar-refractivity contribution < 1.29 is 13.2 Å². The van der Waals surface area contributed by atoms with Crippen LogP contribution in [-0.4, -0.2) is 30.7 Å². The van der Waals surface area contributed by atoms with Crippen molar-refractivity contribution in [2.45, 2.75) is 52.1 Å². The number of halogens is 1. The van der Waals surface area contributed by atoms with Gasteiger partial charge in [-0.2, -0.15) is 0 Å². The summed E-state index contributed by atoms with van der Waals surface area (Å²) in [7, 11) is -1.87. The lowest BCUT2D eigenvalue weighted by Gasteiger charge is -2.42. The van der Waals surface area contributed by atoms with Gasteiger partial charge in [-0.15, -0.1) is 0 Å². The van der Waals surface area contributed by atoms with Crippen molar-refractivity contribution in [1.29, 1.82) is 0 Å². The molecule has 3 atom stereocenters. The van der Waals surface area contributed by atoms with Crippen LogP contribution in [0.1, 0.15) is 50.3 Å². The number of amides is 1. The zero-order valence-electron chi connectivity index (χ0n) is 21.0. The molecule has 9 heteroatoms. The van der Waals surface area contributed by atoms with Gasteiger partial charge in [-0.05, 0) is 54.7 Å². The molecule has 0 spiro atoms. The Bertz CT molecular complexity index is 1450. The van der Waals surface area contributed by atoms with E-state index in [9.17, 15) is 18.0 Å². The van der Waals surface area contributed by atoms with E-state index in [2.05, 4.69) is 4.72 Å². The summed E-state index contributed by atoms with van der Waals surface area (Å²) in [4.78, 5) is 27.5. The average Bonchev–Trinajstić information content (AvgIpc) is 2.83. The van der Waals surface area contributed by atoms with Crippen molar-refractivity contribution in [3.63, 3.8) is 0 Å². The van der Waals surface area contributed by atoms with Gasteiger partial charge in [-0.25, -0.2) is 13.1 Å². The fourth-order valence-corrected chi connectivity index (χ4v) is 6.81. The molecule has 1 amide bonds. The van der Waals surface area contributed by atoms with E-state index in [0.29, 0.717) is 22.6 Å². The van der Waals surface area contributed by atoms with E-state index in [0.717, 1.165) is 22.9 Å². The Labute approximate surface area is 217 Å². The van der Waals surface area contributed by atoms with Gasteiger partial charge in [-0.1, -0.05) is 50.1 Å². The molecule has 1 fully saturated rings. The van der Waals surface area contributed by atoms with Crippen molar-refractivity contribution in [3.8, 4) is 0 Å². The highest BCUT2D eigenvalue weighted by molar-refractivity contribution is 7.89. The molecule has 0 aliphatic carbocycles. The topological polar surface area (TPSA) is 88.5 Å². The molecule has 7 nitrogen and oxygen atoms in total. The summed E-state index contributed by atoms with van der Waals surface area (Å²) < 4.78 is 30.5. The number of aromatic nitrogens is 1. The lowest BCUT2D eigenvalue weighted by Crippen LogP contribution is -2.53. The summed E-state index contributed by atoms with van der Waals surface area (Å²) in [6.07, 6.45) is 1.34. The highest BCUT2D eigenvalue weighted by Gasteiger charge is 2.40. The molecule has 4 rings (SSSR count). The van der Waals surface area contributed by atoms with Crippen LogP contribution in [0.4, 0.5) is 5.69 Å². The van der Waals surface area contributed by atoms with Gasteiger partial charge in [0, 0.05) is 41.7 Å². The molecule has 0 bridgehead atoms. The normalized spacial score (nSPS) is 19.6. The number of hydrogen-bond acceptors (Lipinski definition) is 4. The number of piperidine rings is 1. The van der Waals surface area contributed by atoms with Crippen LogP contribution in [0.15, 0.2) is 53.3 Å². The maximum absolute atomic E-state index is 13.4. The van der Waals surface area contributed by atoms with E-state index in [-0.39, 0.29) is 29.6 Å². The van der Waals surface area contributed by atoms with Crippen molar-refractivity contribution >= 4 is 44.1 Å². The van der Waals surface area contributed by atoms with Crippen LogP contribution in [0, 0.1) is 12.8 Å². The van der Waals surface area contributed by atoms with E-state index in [4.69, 9.17) is 11.6 Å². The van der Waals surface area contributed by atoms with Gasteiger partial charge >= 0.3 is 0 Å². The number of benzene rings is 2. The molecule has 1 aliphatic heterocycles. The Balaban J connectivity index is 1.83. The number of anilines is 1. The predicted octanol–water partition coefficient (Wildman–Crippen LogP) is 4.70. The largest absolute Gasteiger partial charge is 0.311 e. The zero-order valence-corrected chi connectivity index (χ0v) is 22.6. The van der Waals surface area contributed by atoms with Gasteiger partial charge in [0.25, 0.3) is 5.56 Å². The third kappa shape index (κ3) is 5.36. The molecule has 192 valence electrons. The van der Waals surface area contributed by atoms with Crippen molar-refractivity contribution in [3.05, 3.63) is 75.0 Å². The highest BCUT2D eigenvalue weighted by Crippen LogP contribution is 2.38. The predicted molar refractivity (Wildman–Crippen MR) is 145 cm³/mol. The number of sulfonamides is 1. The molecular weight excluding hydrogens is 498 g/mol. The molecule has 0 radical (unpaired) electrons. The van der Waals surface area contributed by atoms with Gasteiger partial charge in [-0.3, -0.25) is 9.59 Å². The minimum Gasteiger partial charge on any atom is -0.311 e. The molecule has 36 heavy (non-hydrogen) atoms. The highest BCUT2D eigenvalue weighted by atomic mass is 35.5. The fourth-order valence-electron chi connectivity index (χ4n) is 4.89. The maximum Gasteiger partial charge on any atom is 0.251 e. The summed E-state index contributed by atoms with van der Waals surface area (Å²) in [6, 6.07) is 13.2. The summed E-state index contributed by atoms with van der Waals surface area (Å²) in [5.41, 5.74) is 2.82. The van der Waals surface area contributed by atoms with E-state index >= 15 is 0 Å². The molecule has 1 unspecified atom stereocenters. The van der Waals surface area contributed by atoms with Crippen LogP contribution < -0.4 is 15.2 Å². The van der Waals surface area contributed by atoms with Crippen LogP contribution in [-0.2, 0) is 21.9 Å². The summed E-state index contributed by atoms with van der Waals surface area (Å²) in [5.74, 6) is -0.0642. The second kappa shape index (κ2) is 10.4. The number of rotatable bonds is 7. The first kappa shape index (κ1) is 26.4. The van der Waals surface area contributed by atoms with Crippen molar-refractivity contribution in [2.75, 3.05) is 10.7 Å². The lowest BCUT2D eigenvalue weighted by atomic mass is 9.90. The lowest BCUT2D eigenvalue weighted by molar-refractivity contribution is -0.120. The standard InChI is InChI=1S/C27H32ClN3O4S/c1-5-17(2)16-36(34,35)29-23-12-13-25(32)31(27(23)19-6-8-20(28)9-7-19)21-10-11-22-18(3)14-26(33)30(4)24(22)15-21/h6-11,14-15,17,23,27,29H,5,12-13,16H2,1-4H3/t17?,23-,27+/m0/s1. The fraction of sp³-hybridized carbons (Fsp3) is 0.407. The molecular formula is C27H32ClN3O4S. The van der Waals surface area contributed by atoms with Crippen molar-refractivity contribution in [2.24, 2.45) is 13.0 Å². The van der Waals surface area contributed by atoms with E-state index in [1.807, 2.05) is 51.1 Å². The number of aryl methyl sites for hydroxylation is 2. The number of nitrogens with one attached hydrogen (secondary N) is 1. The van der Waals surface area contributed by atoms with E-state index in [1.165, 1.54) is 0 Å². The van der Waals surface area contributed by atoms with Crippen LogP contribution >= 0.6 is 11.6 Å². The summed E-state index contributed by atoms with van der Waals surface area (Å²) >= 11 is 6.14. The van der Waals surface area contributed by atoms with Crippen LogP contribution in [0.2, 0.25) is 5.02 Å². The van der Waals surface area contributed by atoms with Gasteiger partial charge in [0.05, 0.1) is 17.3 Å². The molecule has 0 saturated carbocycles. The quantitative estimate of drug-likeness (QED) is 0.480. The first-order chi connectivity index (χ1) is 17.0. The van der Waals surface area contributed by atoms with E-state index < -0.39 is 22.1 Å². The van der Waals surface area contributed by atoms with Gasteiger partial charge in [0.15, 0.2) is 0 Å². The Hall–Kier alpha value is -2.68. The second-order valence-electron chi connectivity index (χ2n) is 9.74. The van der Waals surface area contributed by atoms with Crippen LogP contribution in [0.5, 0.6) is 0 Å². The SMILES string of the molecule is CCC(C)CS(=O)(=O)N[C@H]1CCC(=O)N(c2ccc3c(C)cc(=O)n(C)c3c2)[C@@H]1c1ccc(Cl)cc1. The Morgan fingerprint density at radius 3 is 2.47 bits per heavy atom. The first-order valence-corrected chi connectivity index (χ1v) is 14.2. The number of nitrogens with zero attached hydrogens (tertiary/aromatic N) is 2. The first-order valence-electron chi connectivity index (χ1n) is 12.2. The summed E-state index contributed by atoms with van der Waals surface area (Å²) in [6.45, 7) is 5.76. The molecule has 2 heterocycles. The zero-order chi connectivity index (χ0) is 26.2. The van der Waals surface area contributed by atoms with Gasteiger partial charge < -0.3 is 9.47 Å². The monoisotopic (exact) mass is 529 g/mol. The Morgan fingerprint density at radius 2 is 1.81 bits per heavy atom. The summed E-state index contributed by atoms with van der Waals surface area (Å²) in [5, 5.41) is 1.47. The van der Waals surface area contributed by atoms with Crippen LogP contribution in [0.3, 0.4) is 0 Å². The number of carbonyl (C=O) groups is 1. The molecule has 2 aromatic carbocycles. The minimum atomic E-state index is -3.58. The molecule has 3 aromatic rings. The maximum atomic E-state index is 13.4. The molecule has 1 aliphatic rings. The van der Waals surface area contributed by atoms with Crippen LogP contribution in [0.25, 0.3) is 10.9 Å². The Morgan fingerprint density at radius 1 is 1.11 bits per heavy atom. The number of fused-ring (bicyclic) bond motifs is 1. The smallest absolute Gasteiger partial charge is 0.251 e. The van der Waals surface area contributed by atoms with E-state index in [1.54, 1.807) is 34.7 Å². The minimum absolute atomic E-state index is 0.0165. The van der Waals surface area contributed by atoms with Gasteiger partial charge in [0.1, 0.15) is 0 Å². The molecule has 1 saturated heterocycles. The molecule has 1 aromatic heterocycles. The molecule has 1 N–H and O–H groups in total. The second-order valence-corrected chi connectivity index (χ2v) is 12.0.